The van der Waals surface area contributed by atoms with Gasteiger partial charge in [-0.3, -0.25) is 13.7 Å². The number of aromatic amines is 2. The fraction of sp³-hybridized carbons (Fsp3) is 0. The van der Waals surface area contributed by atoms with Crippen molar-refractivity contribution >= 4 is 75.1 Å². The third-order valence-electron chi connectivity index (χ3n) is 9.99. The van der Waals surface area contributed by atoms with Crippen molar-refractivity contribution < 1.29 is 38.9 Å². The highest BCUT2D eigenvalue weighted by molar-refractivity contribution is 7.96. The van der Waals surface area contributed by atoms with Gasteiger partial charge in [0.15, 0.2) is 0 Å². The molecule has 9 rings (SSSR count). The smallest absolute Gasteiger partial charge is 0.298 e. The summed E-state index contributed by atoms with van der Waals surface area (Å²) in [4.78, 5) is 12.2. The lowest BCUT2D eigenvalue weighted by Crippen LogP contribution is -2.09. The molecule has 0 fully saturated rings. The van der Waals surface area contributed by atoms with Gasteiger partial charge in [0.2, 0.25) is 0 Å². The number of benzene rings is 4. The number of rotatable bonds is 7. The van der Waals surface area contributed by atoms with Crippen molar-refractivity contribution in [1.82, 2.24) is 19.9 Å². The maximum Gasteiger partial charge on any atom is 0.298 e. The van der Waals surface area contributed by atoms with Crippen LogP contribution in [0.3, 0.4) is 0 Å². The van der Waals surface area contributed by atoms with E-state index in [0.717, 1.165) is 22.8 Å². The van der Waals surface area contributed by atoms with Gasteiger partial charge in [-0.15, -0.1) is 0 Å². The molecule has 16 heteroatoms. The Morgan fingerprint density at radius 1 is 0.450 bits per heavy atom. The summed E-state index contributed by atoms with van der Waals surface area (Å²) in [5, 5.41) is 0. The number of nitrogens with zero attached hydrogens (tertiary/aromatic N) is 2. The molecule has 2 aliphatic heterocycles. The average Bonchev–Trinajstić information content (AvgIpc) is 4.01. The normalized spacial score (nSPS) is 13.2. The van der Waals surface area contributed by atoms with Crippen LogP contribution in [-0.4, -0.2) is 58.8 Å². The molecule has 5 heterocycles. The van der Waals surface area contributed by atoms with E-state index < -0.39 is 56.3 Å². The SMILES string of the molecule is O=S(=O)(O)C1=C(c2ccccc2)c2nc1c(S(=O)(=O)O)c1[nH]c(cc3nc(cc4[nH]c(c2-c2ccccc2)c(-c2ccccc2)c4-c2ccccc2)C=C3)cc1S(=O)(=O)O. The zero-order valence-electron chi connectivity index (χ0n) is 30.8. The van der Waals surface area contributed by atoms with E-state index in [4.69, 9.17) is 9.97 Å². The fourth-order valence-corrected chi connectivity index (χ4v) is 10.1. The summed E-state index contributed by atoms with van der Waals surface area (Å²) in [7, 11) is -16.5. The van der Waals surface area contributed by atoms with Crippen molar-refractivity contribution in [3.63, 3.8) is 0 Å². The summed E-state index contributed by atoms with van der Waals surface area (Å²) in [5.74, 6) is 0. The van der Waals surface area contributed by atoms with E-state index in [2.05, 4.69) is 9.97 Å². The third kappa shape index (κ3) is 6.96. The fourth-order valence-electron chi connectivity index (χ4n) is 7.66. The van der Waals surface area contributed by atoms with Crippen LogP contribution in [0.1, 0.15) is 28.3 Å². The van der Waals surface area contributed by atoms with Gasteiger partial charge in [0, 0.05) is 33.3 Å². The topological polar surface area (TPSA) is 220 Å². The molecule has 0 aliphatic carbocycles. The number of fused-ring (bicyclic) bond motifs is 8. The van der Waals surface area contributed by atoms with Gasteiger partial charge >= 0.3 is 0 Å². The highest BCUT2D eigenvalue weighted by atomic mass is 32.2. The van der Waals surface area contributed by atoms with Crippen LogP contribution in [0.2, 0.25) is 0 Å². The molecule has 0 atom stereocenters. The van der Waals surface area contributed by atoms with E-state index in [0.29, 0.717) is 27.9 Å². The highest BCUT2D eigenvalue weighted by Crippen LogP contribution is 2.49. The molecule has 13 nitrogen and oxygen atoms in total. The Hall–Kier alpha value is -6.79. The van der Waals surface area contributed by atoms with Crippen LogP contribution in [0, 0.1) is 0 Å². The molecule has 0 saturated carbocycles. The number of hydrogen-bond acceptors (Lipinski definition) is 8. The molecule has 0 unspecified atom stereocenters. The molecule has 3 aromatic heterocycles. The van der Waals surface area contributed by atoms with Gasteiger partial charge in [-0.25, -0.2) is 9.97 Å². The van der Waals surface area contributed by atoms with Crippen molar-refractivity contribution in [2.45, 2.75) is 9.79 Å². The van der Waals surface area contributed by atoms with Crippen LogP contribution in [0.25, 0.3) is 78.1 Å². The molecule has 5 N–H and O–H groups in total. The summed E-state index contributed by atoms with van der Waals surface area (Å²) in [6.07, 6.45) is 3.35. The summed E-state index contributed by atoms with van der Waals surface area (Å²) in [5.41, 5.74) is 2.95. The van der Waals surface area contributed by atoms with E-state index in [1.54, 1.807) is 60.7 Å². The number of H-pyrrole nitrogens is 2. The predicted octanol–water partition coefficient (Wildman–Crippen LogP) is 8.78. The highest BCUT2D eigenvalue weighted by Gasteiger charge is 2.39. The molecule has 0 saturated heterocycles. The van der Waals surface area contributed by atoms with E-state index in [1.165, 1.54) is 18.2 Å². The average molecular weight is 855 g/mol. The molecule has 2 aliphatic rings. The van der Waals surface area contributed by atoms with Crippen molar-refractivity contribution in [3.8, 4) is 33.4 Å². The first kappa shape index (κ1) is 38.7. The van der Waals surface area contributed by atoms with Crippen LogP contribution in [0.15, 0.2) is 149 Å². The van der Waals surface area contributed by atoms with Gasteiger partial charge in [-0.1, -0.05) is 121 Å². The van der Waals surface area contributed by atoms with Crippen molar-refractivity contribution in [2.24, 2.45) is 0 Å². The van der Waals surface area contributed by atoms with Gasteiger partial charge in [0.1, 0.15) is 20.4 Å². The quantitative estimate of drug-likeness (QED) is 0.0954. The second-order valence-electron chi connectivity index (χ2n) is 13.8. The molecule has 8 bridgehead atoms. The molecule has 0 amide bonds. The van der Waals surface area contributed by atoms with Gasteiger partial charge in [0.25, 0.3) is 30.4 Å². The minimum absolute atomic E-state index is 0.103. The standard InChI is InChI=1S/C44H30N4O9S3/c49-58(50,51)34-25-32-23-30-21-22-31(45-30)24-33-35(26-13-5-1-6-14-26)36(27-15-7-2-8-16-27)40(47-33)37(28-17-9-3-10-18-28)41-38(29-19-11-4-12-20-29)43(59(52,53)54)42(48-41)44(39(34)46-32)60(55,56)57/h1-25,46-47H,(H,49,50,51)(H,52,53,54)(H,55,56,57). The largest absolute Gasteiger partial charge is 0.354 e. The van der Waals surface area contributed by atoms with Crippen LogP contribution >= 0.6 is 0 Å². The number of nitrogens with one attached hydrogen (secondary N) is 2. The first-order chi connectivity index (χ1) is 28.7. The monoisotopic (exact) mass is 854 g/mol. The summed E-state index contributed by atoms with van der Waals surface area (Å²) < 4.78 is 114. The molecule has 0 radical (unpaired) electrons. The number of hydrogen-bond donors (Lipinski definition) is 5. The minimum atomic E-state index is -5.69. The lowest BCUT2D eigenvalue weighted by Gasteiger charge is -2.13. The third-order valence-corrected chi connectivity index (χ3v) is 12.7. The summed E-state index contributed by atoms with van der Waals surface area (Å²) >= 11 is 0. The predicted molar refractivity (Wildman–Crippen MR) is 230 cm³/mol. The van der Waals surface area contributed by atoms with Crippen LogP contribution < -0.4 is 0 Å². The first-order valence-corrected chi connectivity index (χ1v) is 22.4. The Morgan fingerprint density at radius 2 is 0.950 bits per heavy atom. The molecule has 298 valence electrons. The molecule has 60 heavy (non-hydrogen) atoms. The number of aromatic nitrogens is 4. The van der Waals surface area contributed by atoms with E-state index in [1.807, 2.05) is 66.7 Å². The van der Waals surface area contributed by atoms with Crippen molar-refractivity contribution in [1.29, 1.82) is 0 Å². The van der Waals surface area contributed by atoms with E-state index in [9.17, 15) is 38.9 Å². The Balaban J connectivity index is 1.68. The van der Waals surface area contributed by atoms with E-state index in [-0.39, 0.29) is 33.6 Å². The minimum Gasteiger partial charge on any atom is -0.354 e. The Bertz CT molecular complexity index is 3480. The van der Waals surface area contributed by atoms with Crippen LogP contribution in [0.4, 0.5) is 0 Å². The lowest BCUT2D eigenvalue weighted by molar-refractivity contribution is 0.483. The molecular weight excluding hydrogens is 825 g/mol. The van der Waals surface area contributed by atoms with Gasteiger partial charge < -0.3 is 9.97 Å². The van der Waals surface area contributed by atoms with Gasteiger partial charge in [-0.05, 0) is 52.6 Å². The van der Waals surface area contributed by atoms with Gasteiger partial charge in [0.05, 0.1) is 28.1 Å². The Morgan fingerprint density at radius 3 is 1.47 bits per heavy atom. The zero-order valence-corrected chi connectivity index (χ0v) is 33.3. The van der Waals surface area contributed by atoms with Crippen molar-refractivity contribution in [2.75, 3.05) is 0 Å². The Labute approximate surface area is 343 Å². The molecule has 7 aromatic rings. The van der Waals surface area contributed by atoms with Crippen LogP contribution in [-0.2, 0) is 30.4 Å². The second kappa shape index (κ2) is 14.5. The maximum atomic E-state index is 13.9. The van der Waals surface area contributed by atoms with E-state index >= 15 is 0 Å². The van der Waals surface area contributed by atoms with Crippen LogP contribution in [0.5, 0.6) is 0 Å². The van der Waals surface area contributed by atoms with Crippen molar-refractivity contribution in [3.05, 3.63) is 168 Å². The van der Waals surface area contributed by atoms with Gasteiger partial charge in [-0.2, -0.15) is 25.3 Å². The summed E-state index contributed by atoms with van der Waals surface area (Å²) in [6.45, 7) is 0. The summed E-state index contributed by atoms with van der Waals surface area (Å²) in [6, 6.07) is 39.7. The molecular formula is C44H30N4O9S3. The molecule has 4 aromatic carbocycles. The first-order valence-electron chi connectivity index (χ1n) is 18.1. The second-order valence-corrected chi connectivity index (χ2v) is 17.9. The zero-order chi connectivity index (χ0) is 42.0. The Kier molecular flexibility index (Phi) is 9.35. The maximum absolute atomic E-state index is 13.9. The lowest BCUT2D eigenvalue weighted by atomic mass is 9.91. The molecule has 0 spiro atoms.